The fraction of sp³-hybridized carbons (Fsp3) is 1.00. The second-order valence-electron chi connectivity index (χ2n) is 4.18. The smallest absolute Gasteiger partial charge is 1.00 e. The summed E-state index contributed by atoms with van der Waals surface area (Å²) in [7, 11) is 4.40. The predicted molar refractivity (Wildman–Crippen MR) is 51.4 cm³/mol. The first-order valence-corrected chi connectivity index (χ1v) is 5.66. The molecule has 0 radical (unpaired) electrons. The van der Waals surface area contributed by atoms with Crippen LogP contribution in [0, 0.1) is 0 Å². The maximum absolute atomic E-state index is 3.50. The molecular formula is C9H20Cl3N3Ti. The second kappa shape index (κ2) is 10.4. The van der Waals surface area contributed by atoms with Gasteiger partial charge in [-0.2, -0.15) is 0 Å². The Morgan fingerprint density at radius 1 is 1.06 bits per heavy atom. The van der Waals surface area contributed by atoms with Gasteiger partial charge in [0.05, 0.1) is 0 Å². The van der Waals surface area contributed by atoms with Crippen LogP contribution in [0.2, 0.25) is 0 Å². The first-order valence-electron chi connectivity index (χ1n) is 4.88. The van der Waals surface area contributed by atoms with Gasteiger partial charge in [0, 0.05) is 0 Å². The van der Waals surface area contributed by atoms with Crippen LogP contribution < -0.4 is 42.5 Å². The SMILES string of the molecule is CN1CCNC[C](C)([Ti+3])N(C)CC1.[Cl-].[Cl-].[Cl-]. The summed E-state index contributed by atoms with van der Waals surface area (Å²) in [5.74, 6) is 0. The third kappa shape index (κ3) is 7.73. The Balaban J connectivity index is -0.000000563. The number of hydrogen-bond donors (Lipinski definition) is 1. The van der Waals surface area contributed by atoms with Crippen LogP contribution in [0.15, 0.2) is 0 Å². The maximum atomic E-state index is 3.50. The fourth-order valence-electron chi connectivity index (χ4n) is 1.42. The summed E-state index contributed by atoms with van der Waals surface area (Å²) >= 11 is 2.30. The summed E-state index contributed by atoms with van der Waals surface area (Å²) in [5, 5.41) is 3.50. The molecule has 1 aliphatic heterocycles. The summed E-state index contributed by atoms with van der Waals surface area (Å²) in [6.45, 7) is 7.97. The van der Waals surface area contributed by atoms with Gasteiger partial charge in [0.15, 0.2) is 0 Å². The molecule has 16 heavy (non-hydrogen) atoms. The van der Waals surface area contributed by atoms with E-state index in [4.69, 9.17) is 0 Å². The van der Waals surface area contributed by atoms with E-state index >= 15 is 0 Å². The molecule has 1 saturated heterocycles. The van der Waals surface area contributed by atoms with Gasteiger partial charge < -0.3 is 37.2 Å². The Hall–Kier alpha value is 1.46. The van der Waals surface area contributed by atoms with E-state index in [1.54, 1.807) is 0 Å². The third-order valence-corrected chi connectivity index (χ3v) is 3.67. The molecule has 0 aromatic carbocycles. The largest absolute Gasteiger partial charge is 1.00 e. The minimum atomic E-state index is 0. The van der Waals surface area contributed by atoms with E-state index in [2.05, 4.69) is 56.6 Å². The maximum Gasteiger partial charge on any atom is -1.00 e. The molecule has 3 nitrogen and oxygen atoms in total. The fourth-order valence-corrected chi connectivity index (χ4v) is 1.79. The Labute approximate surface area is 130 Å². The van der Waals surface area contributed by atoms with Crippen molar-refractivity contribution in [1.29, 1.82) is 0 Å². The molecule has 1 N–H and O–H groups in total. The average molecular weight is 325 g/mol. The van der Waals surface area contributed by atoms with Crippen LogP contribution in [0.4, 0.5) is 0 Å². The molecular weight excluding hydrogens is 304 g/mol. The summed E-state index contributed by atoms with van der Waals surface area (Å²) in [6.07, 6.45) is 0. The van der Waals surface area contributed by atoms with E-state index in [0.29, 0.717) is 0 Å². The molecule has 1 fully saturated rings. The van der Waals surface area contributed by atoms with Crippen LogP contribution in [0.3, 0.4) is 0 Å². The van der Waals surface area contributed by atoms with E-state index in [0.717, 1.165) is 26.2 Å². The molecule has 0 saturated carbocycles. The van der Waals surface area contributed by atoms with E-state index in [1.165, 1.54) is 6.54 Å². The summed E-state index contributed by atoms with van der Waals surface area (Å²) in [5.41, 5.74) is 0. The van der Waals surface area contributed by atoms with E-state index in [9.17, 15) is 0 Å². The molecule has 1 aliphatic rings. The van der Waals surface area contributed by atoms with Crippen molar-refractivity contribution >= 4 is 0 Å². The normalized spacial score (nSPS) is 28.6. The van der Waals surface area contributed by atoms with Crippen molar-refractivity contribution in [3.05, 3.63) is 0 Å². The van der Waals surface area contributed by atoms with Crippen molar-refractivity contribution < 1.29 is 57.7 Å². The van der Waals surface area contributed by atoms with Crippen LogP contribution in [0.5, 0.6) is 0 Å². The van der Waals surface area contributed by atoms with Crippen molar-refractivity contribution in [2.75, 3.05) is 46.8 Å². The van der Waals surface area contributed by atoms with E-state index < -0.39 is 0 Å². The molecule has 0 bridgehead atoms. The molecule has 0 aromatic heterocycles. The van der Waals surface area contributed by atoms with Gasteiger partial charge in [0.2, 0.25) is 0 Å². The van der Waals surface area contributed by atoms with Crippen LogP contribution in [0.25, 0.3) is 0 Å². The summed E-state index contributed by atoms with van der Waals surface area (Å²) < 4.78 is 0.283. The monoisotopic (exact) mass is 323 g/mol. The summed E-state index contributed by atoms with van der Waals surface area (Å²) in [6, 6.07) is 0. The second-order valence-corrected chi connectivity index (χ2v) is 5.86. The number of nitrogens with one attached hydrogen (secondary N) is 1. The zero-order valence-corrected chi connectivity index (χ0v) is 13.9. The number of hydrogen-bond acceptors (Lipinski definition) is 3. The molecule has 0 aliphatic carbocycles. The van der Waals surface area contributed by atoms with Gasteiger partial charge in [-0.05, 0) is 0 Å². The van der Waals surface area contributed by atoms with Crippen molar-refractivity contribution in [3.8, 4) is 0 Å². The molecule has 7 heteroatoms. The van der Waals surface area contributed by atoms with E-state index in [-0.39, 0.29) is 41.1 Å². The van der Waals surface area contributed by atoms with Crippen molar-refractivity contribution in [2.45, 2.75) is 10.8 Å². The third-order valence-electron chi connectivity index (χ3n) is 2.80. The van der Waals surface area contributed by atoms with Crippen molar-refractivity contribution in [1.82, 2.24) is 15.1 Å². The number of halogens is 3. The topological polar surface area (TPSA) is 18.5 Å². The molecule has 1 rings (SSSR count). The number of rotatable bonds is 0. The minimum Gasteiger partial charge on any atom is -1.00 e. The van der Waals surface area contributed by atoms with Gasteiger partial charge in [-0.25, -0.2) is 0 Å². The quantitative estimate of drug-likeness (QED) is 0.447. The molecule has 0 aromatic rings. The minimum absolute atomic E-state index is 0. The first-order chi connectivity index (χ1) is 6.02. The van der Waals surface area contributed by atoms with Crippen LogP contribution in [0.1, 0.15) is 6.92 Å². The van der Waals surface area contributed by atoms with E-state index in [1.807, 2.05) is 0 Å². The van der Waals surface area contributed by atoms with Gasteiger partial charge in [-0.15, -0.1) is 0 Å². The molecule has 96 valence electrons. The van der Waals surface area contributed by atoms with Gasteiger partial charge in [0.1, 0.15) is 0 Å². The molecule has 1 heterocycles. The predicted octanol–water partition coefficient (Wildman–Crippen LogP) is -9.27. The van der Waals surface area contributed by atoms with Crippen LogP contribution in [-0.2, 0) is 20.4 Å². The van der Waals surface area contributed by atoms with Crippen molar-refractivity contribution in [2.24, 2.45) is 0 Å². The number of likely N-dealkylation sites (N-methyl/N-ethyl adjacent to an activating group) is 2. The zero-order valence-electron chi connectivity index (χ0n) is 10.1. The molecule has 1 atom stereocenters. The standard InChI is InChI=1S/C9H20N3.3ClH.Ti/c1-9-8-10-4-5-11(2)6-7-12(9)3;;;;/h10H,4-8H2,1-3H3;3*1H;/q;;;;+3/p-3. The molecule has 0 amide bonds. The molecule has 1 unspecified atom stereocenters. The molecule has 0 spiro atoms. The van der Waals surface area contributed by atoms with Gasteiger partial charge >= 0.3 is 93.1 Å². The van der Waals surface area contributed by atoms with Crippen LogP contribution in [-0.4, -0.2) is 60.5 Å². The van der Waals surface area contributed by atoms with Gasteiger partial charge in [0.25, 0.3) is 0 Å². The Morgan fingerprint density at radius 2 is 1.62 bits per heavy atom. The first kappa shape index (κ1) is 22.6. The Kier molecular flexibility index (Phi) is 14.7. The summed E-state index contributed by atoms with van der Waals surface area (Å²) in [4.78, 5) is 4.81. The van der Waals surface area contributed by atoms with Crippen molar-refractivity contribution in [3.63, 3.8) is 0 Å². The average Bonchev–Trinajstić information content (AvgIpc) is 2.11. The van der Waals surface area contributed by atoms with Gasteiger partial charge in [-0.1, -0.05) is 0 Å². The number of nitrogens with zero attached hydrogens (tertiary/aromatic N) is 2. The Bertz CT molecular complexity index is 172. The zero-order chi connectivity index (χ0) is 9.90. The Morgan fingerprint density at radius 3 is 2.19 bits per heavy atom. The van der Waals surface area contributed by atoms with Crippen LogP contribution >= 0.6 is 0 Å². The van der Waals surface area contributed by atoms with Gasteiger partial charge in [-0.3, -0.25) is 0 Å².